The zero-order valence-electron chi connectivity index (χ0n) is 11.5. The maximum atomic E-state index is 12.5. The van der Waals surface area contributed by atoms with Gasteiger partial charge in [0.25, 0.3) is 0 Å². The normalized spacial score (nSPS) is 22.1. The van der Waals surface area contributed by atoms with Gasteiger partial charge in [-0.1, -0.05) is 0 Å². The Morgan fingerprint density at radius 3 is 2.43 bits per heavy atom. The topological polar surface area (TPSA) is 52.6 Å². The molecule has 1 fully saturated rings. The van der Waals surface area contributed by atoms with Crippen LogP contribution in [-0.4, -0.2) is 30.3 Å². The van der Waals surface area contributed by atoms with Crippen LogP contribution in [0.15, 0.2) is 24.3 Å². The first-order valence-electron chi connectivity index (χ1n) is 6.67. The summed E-state index contributed by atoms with van der Waals surface area (Å²) < 4.78 is 37.6. The first kappa shape index (κ1) is 15.5. The lowest BCUT2D eigenvalue weighted by atomic mass is 10.1. The van der Waals surface area contributed by atoms with E-state index in [2.05, 4.69) is 5.32 Å². The van der Waals surface area contributed by atoms with Crippen LogP contribution in [-0.2, 0) is 6.18 Å². The molecule has 0 bridgehead atoms. The molecule has 21 heavy (non-hydrogen) atoms. The van der Waals surface area contributed by atoms with Crippen LogP contribution in [0.25, 0.3) is 0 Å². The van der Waals surface area contributed by atoms with Crippen molar-refractivity contribution in [3.63, 3.8) is 0 Å². The molecule has 0 aliphatic heterocycles. The lowest BCUT2D eigenvalue weighted by molar-refractivity contribution is -0.137. The number of benzene rings is 1. The molecule has 1 aliphatic carbocycles. The third-order valence-electron chi connectivity index (χ3n) is 3.88. The Balaban J connectivity index is 2.01. The molecule has 2 N–H and O–H groups in total. The highest BCUT2D eigenvalue weighted by Crippen LogP contribution is 2.32. The lowest BCUT2D eigenvalue weighted by Crippen LogP contribution is -2.35. The van der Waals surface area contributed by atoms with E-state index < -0.39 is 17.8 Å². The molecule has 0 unspecified atom stereocenters. The van der Waals surface area contributed by atoms with Gasteiger partial charge in [-0.2, -0.15) is 13.2 Å². The van der Waals surface area contributed by atoms with Crippen LogP contribution in [0.5, 0.6) is 0 Å². The van der Waals surface area contributed by atoms with E-state index in [1.165, 1.54) is 12.1 Å². The molecule has 2 atom stereocenters. The third kappa shape index (κ3) is 3.80. The van der Waals surface area contributed by atoms with E-state index in [0.717, 1.165) is 25.0 Å². The molecule has 0 radical (unpaired) electrons. The Kier molecular flexibility index (Phi) is 4.29. The van der Waals surface area contributed by atoms with Crippen molar-refractivity contribution in [2.24, 2.45) is 0 Å². The van der Waals surface area contributed by atoms with E-state index in [1.54, 1.807) is 0 Å². The Morgan fingerprint density at radius 2 is 1.90 bits per heavy atom. The number of halogens is 3. The SMILES string of the molecule is CN(c1ccc(C(F)(F)F)cc1)[C@H]1CC[C@@H](NC(=O)O)C1. The fraction of sp³-hybridized carbons (Fsp3) is 0.500. The minimum Gasteiger partial charge on any atom is -0.465 e. The molecule has 116 valence electrons. The average Bonchev–Trinajstić information content (AvgIpc) is 2.84. The maximum Gasteiger partial charge on any atom is 0.416 e. The Hall–Kier alpha value is -1.92. The van der Waals surface area contributed by atoms with Crippen LogP contribution < -0.4 is 10.2 Å². The summed E-state index contributed by atoms with van der Waals surface area (Å²) in [6, 6.07) is 5.05. The number of nitrogens with one attached hydrogen (secondary N) is 1. The van der Waals surface area contributed by atoms with Crippen LogP contribution >= 0.6 is 0 Å². The van der Waals surface area contributed by atoms with Crippen LogP contribution in [0.3, 0.4) is 0 Å². The van der Waals surface area contributed by atoms with Gasteiger partial charge in [0.1, 0.15) is 0 Å². The highest BCUT2D eigenvalue weighted by Gasteiger charge is 2.31. The lowest BCUT2D eigenvalue weighted by Gasteiger charge is -2.27. The summed E-state index contributed by atoms with van der Waals surface area (Å²) in [6.45, 7) is 0. The summed E-state index contributed by atoms with van der Waals surface area (Å²) in [6.07, 6.45) is -3.17. The summed E-state index contributed by atoms with van der Waals surface area (Å²) in [5.74, 6) is 0. The van der Waals surface area contributed by atoms with Gasteiger partial charge in [-0.3, -0.25) is 0 Å². The molecule has 1 aromatic rings. The molecule has 4 nitrogen and oxygen atoms in total. The van der Waals surface area contributed by atoms with Crippen molar-refractivity contribution in [2.45, 2.75) is 37.5 Å². The van der Waals surface area contributed by atoms with Crippen LogP contribution in [0.4, 0.5) is 23.7 Å². The highest BCUT2D eigenvalue weighted by atomic mass is 19.4. The van der Waals surface area contributed by atoms with E-state index >= 15 is 0 Å². The fourth-order valence-corrected chi connectivity index (χ4v) is 2.71. The molecule has 1 amide bonds. The van der Waals surface area contributed by atoms with Gasteiger partial charge in [0, 0.05) is 24.8 Å². The molecular formula is C14H17F3N2O2. The van der Waals surface area contributed by atoms with Gasteiger partial charge in [0.2, 0.25) is 0 Å². The molecular weight excluding hydrogens is 285 g/mol. The van der Waals surface area contributed by atoms with Crippen LogP contribution in [0.2, 0.25) is 0 Å². The van der Waals surface area contributed by atoms with Gasteiger partial charge >= 0.3 is 12.3 Å². The second-order valence-corrected chi connectivity index (χ2v) is 5.27. The summed E-state index contributed by atoms with van der Waals surface area (Å²) in [5, 5.41) is 11.1. The average molecular weight is 302 g/mol. The van der Waals surface area contributed by atoms with Gasteiger partial charge in [-0.25, -0.2) is 4.79 Å². The number of alkyl halides is 3. The quantitative estimate of drug-likeness (QED) is 0.900. The van der Waals surface area contributed by atoms with Crippen molar-refractivity contribution >= 4 is 11.8 Å². The van der Waals surface area contributed by atoms with Gasteiger partial charge in [0.05, 0.1) is 5.56 Å². The monoisotopic (exact) mass is 302 g/mol. The molecule has 0 spiro atoms. The predicted molar refractivity (Wildman–Crippen MR) is 72.4 cm³/mol. The Bertz CT molecular complexity index is 502. The summed E-state index contributed by atoms with van der Waals surface area (Å²) in [5.41, 5.74) is 0.0282. The first-order chi connectivity index (χ1) is 9.77. The van der Waals surface area contributed by atoms with Gasteiger partial charge in [0.15, 0.2) is 0 Å². The van der Waals surface area contributed by atoms with Crippen molar-refractivity contribution in [1.29, 1.82) is 0 Å². The number of anilines is 1. The number of carbonyl (C=O) groups is 1. The zero-order chi connectivity index (χ0) is 15.6. The van der Waals surface area contributed by atoms with Crippen LogP contribution in [0.1, 0.15) is 24.8 Å². The van der Waals surface area contributed by atoms with Crippen molar-refractivity contribution in [3.8, 4) is 0 Å². The molecule has 2 rings (SSSR count). The largest absolute Gasteiger partial charge is 0.465 e. The van der Waals surface area contributed by atoms with Gasteiger partial charge in [-0.05, 0) is 43.5 Å². The zero-order valence-corrected chi connectivity index (χ0v) is 11.5. The number of rotatable bonds is 3. The molecule has 0 aromatic heterocycles. The van der Waals surface area contributed by atoms with E-state index in [9.17, 15) is 18.0 Å². The smallest absolute Gasteiger partial charge is 0.416 e. The molecule has 7 heteroatoms. The van der Waals surface area contributed by atoms with E-state index in [-0.39, 0.29) is 12.1 Å². The number of nitrogens with zero attached hydrogens (tertiary/aromatic N) is 1. The molecule has 0 saturated heterocycles. The van der Waals surface area contributed by atoms with Gasteiger partial charge < -0.3 is 15.3 Å². The third-order valence-corrected chi connectivity index (χ3v) is 3.88. The summed E-state index contributed by atoms with van der Waals surface area (Å²) >= 11 is 0. The number of hydrogen-bond donors (Lipinski definition) is 2. The first-order valence-corrected chi connectivity index (χ1v) is 6.67. The van der Waals surface area contributed by atoms with Crippen molar-refractivity contribution in [2.75, 3.05) is 11.9 Å². The highest BCUT2D eigenvalue weighted by molar-refractivity contribution is 5.65. The van der Waals surface area contributed by atoms with Crippen molar-refractivity contribution in [3.05, 3.63) is 29.8 Å². The Labute approximate surface area is 120 Å². The van der Waals surface area contributed by atoms with Crippen molar-refractivity contribution in [1.82, 2.24) is 5.32 Å². The minimum absolute atomic E-state index is 0.0931. The van der Waals surface area contributed by atoms with Gasteiger partial charge in [-0.15, -0.1) is 0 Å². The summed E-state index contributed by atoms with van der Waals surface area (Å²) in [4.78, 5) is 12.5. The number of carboxylic acid groups (broad SMARTS) is 1. The summed E-state index contributed by atoms with van der Waals surface area (Å²) in [7, 11) is 1.82. The molecule has 0 heterocycles. The molecule has 1 saturated carbocycles. The molecule has 1 aromatic carbocycles. The second-order valence-electron chi connectivity index (χ2n) is 5.27. The van der Waals surface area contributed by atoms with E-state index in [4.69, 9.17) is 5.11 Å². The fourth-order valence-electron chi connectivity index (χ4n) is 2.71. The van der Waals surface area contributed by atoms with Crippen molar-refractivity contribution < 1.29 is 23.1 Å². The predicted octanol–water partition coefficient (Wildman–Crippen LogP) is 3.33. The minimum atomic E-state index is -4.33. The van der Waals surface area contributed by atoms with E-state index in [0.29, 0.717) is 12.1 Å². The van der Waals surface area contributed by atoms with Crippen LogP contribution in [0, 0.1) is 0 Å². The molecule has 1 aliphatic rings. The Morgan fingerprint density at radius 1 is 1.29 bits per heavy atom. The van der Waals surface area contributed by atoms with E-state index in [1.807, 2.05) is 11.9 Å². The maximum absolute atomic E-state index is 12.5. The number of hydrogen-bond acceptors (Lipinski definition) is 2. The second kappa shape index (κ2) is 5.83. The standard InChI is InChI=1S/C14H17F3N2O2/c1-19(12-7-4-10(8-12)18-13(20)21)11-5-2-9(3-6-11)14(15,16)17/h2-3,5-6,10,12,18H,4,7-8H2,1H3,(H,20,21)/t10-,12+/m1/s1. The number of amides is 1.